The summed E-state index contributed by atoms with van der Waals surface area (Å²) in [6.45, 7) is 4.66. The van der Waals surface area contributed by atoms with E-state index < -0.39 is 29.9 Å². The predicted octanol–water partition coefficient (Wildman–Crippen LogP) is 2.16. The van der Waals surface area contributed by atoms with Gasteiger partial charge in [-0.3, -0.25) is 10.6 Å². The number of amides is 2. The third-order valence-corrected chi connectivity index (χ3v) is 3.66. The first-order chi connectivity index (χ1) is 11.7. The van der Waals surface area contributed by atoms with E-state index in [0.717, 1.165) is 19.0 Å². The van der Waals surface area contributed by atoms with Crippen LogP contribution in [-0.4, -0.2) is 31.1 Å². The van der Waals surface area contributed by atoms with Gasteiger partial charge in [0.2, 0.25) is 0 Å². The summed E-state index contributed by atoms with van der Waals surface area (Å²) >= 11 is 0. The summed E-state index contributed by atoms with van der Waals surface area (Å²) < 4.78 is 51.4. The van der Waals surface area contributed by atoms with Gasteiger partial charge in [-0.1, -0.05) is 6.92 Å². The van der Waals surface area contributed by atoms with Gasteiger partial charge in [0.15, 0.2) is 0 Å². The van der Waals surface area contributed by atoms with E-state index in [1.807, 2.05) is 13.8 Å². The fraction of sp³-hybridized carbons (Fsp3) is 0.533. The van der Waals surface area contributed by atoms with E-state index in [-0.39, 0.29) is 17.9 Å². The number of alkyl halides is 3. The zero-order valence-electron chi connectivity index (χ0n) is 13.8. The molecule has 3 unspecified atom stereocenters. The van der Waals surface area contributed by atoms with Crippen molar-refractivity contribution in [1.29, 1.82) is 0 Å². The summed E-state index contributed by atoms with van der Waals surface area (Å²) in [6, 6.07) is 1.70. The highest BCUT2D eigenvalue weighted by Gasteiger charge is 2.34. The number of carbonyl (C=O) groups excluding carboxylic acids is 1. The highest BCUT2D eigenvalue weighted by atomic mass is 19.4. The minimum absolute atomic E-state index is 0.00537. The van der Waals surface area contributed by atoms with E-state index >= 15 is 0 Å². The van der Waals surface area contributed by atoms with Crippen LogP contribution < -0.4 is 26.6 Å². The Balaban J connectivity index is 1.98. The van der Waals surface area contributed by atoms with Crippen LogP contribution in [0, 0.1) is 5.82 Å². The molecule has 1 aliphatic rings. The summed E-state index contributed by atoms with van der Waals surface area (Å²) in [6.07, 6.45) is -4.59. The lowest BCUT2D eigenvalue weighted by Crippen LogP contribution is -2.67. The molecule has 0 aromatic heterocycles. The number of hydrogen-bond donors (Lipinski definition) is 5. The molecule has 1 saturated heterocycles. The van der Waals surface area contributed by atoms with E-state index in [1.165, 1.54) is 0 Å². The summed E-state index contributed by atoms with van der Waals surface area (Å²) in [5.41, 5.74) is -1.58. The second kappa shape index (κ2) is 7.98. The van der Waals surface area contributed by atoms with Crippen LogP contribution in [0.2, 0.25) is 0 Å². The number of halogens is 4. The monoisotopic (exact) mass is 363 g/mol. The van der Waals surface area contributed by atoms with E-state index in [1.54, 1.807) is 0 Å². The second-order valence-electron chi connectivity index (χ2n) is 5.80. The molecule has 0 spiro atoms. The molecule has 2 amide bonds. The Labute approximate surface area is 142 Å². The predicted molar refractivity (Wildman–Crippen MR) is 85.2 cm³/mol. The quantitative estimate of drug-likeness (QED) is 0.532. The fourth-order valence-electron chi connectivity index (χ4n) is 2.61. The van der Waals surface area contributed by atoms with Gasteiger partial charge >= 0.3 is 12.2 Å². The van der Waals surface area contributed by atoms with Gasteiger partial charge in [-0.25, -0.2) is 9.18 Å². The molecule has 1 aromatic rings. The highest BCUT2D eigenvalue weighted by Crippen LogP contribution is 2.32. The number of anilines is 1. The molecule has 10 heteroatoms. The van der Waals surface area contributed by atoms with Crippen molar-refractivity contribution in [2.24, 2.45) is 0 Å². The van der Waals surface area contributed by atoms with Gasteiger partial charge in [-0.05, 0) is 38.1 Å². The average Bonchev–Trinajstić information content (AvgIpc) is 2.47. The molecular formula is C15H21F4N5O. The van der Waals surface area contributed by atoms with Gasteiger partial charge < -0.3 is 16.0 Å². The summed E-state index contributed by atoms with van der Waals surface area (Å²) in [7, 11) is 0. The van der Waals surface area contributed by atoms with Crippen molar-refractivity contribution in [2.45, 2.75) is 44.9 Å². The van der Waals surface area contributed by atoms with Crippen LogP contribution >= 0.6 is 0 Å². The second-order valence-corrected chi connectivity index (χ2v) is 5.80. The molecule has 0 aliphatic carbocycles. The van der Waals surface area contributed by atoms with Crippen molar-refractivity contribution < 1.29 is 22.4 Å². The van der Waals surface area contributed by atoms with Crippen LogP contribution in [0.4, 0.5) is 28.0 Å². The molecule has 0 radical (unpaired) electrons. The van der Waals surface area contributed by atoms with Gasteiger partial charge in [0.25, 0.3) is 0 Å². The normalized spacial score (nSPS) is 24.0. The fourth-order valence-corrected chi connectivity index (χ4v) is 2.61. The maximum Gasteiger partial charge on any atom is 0.419 e. The maximum atomic E-state index is 13.3. The Morgan fingerprint density at radius 3 is 2.68 bits per heavy atom. The van der Waals surface area contributed by atoms with Crippen molar-refractivity contribution in [1.82, 2.24) is 21.3 Å². The Morgan fingerprint density at radius 1 is 1.32 bits per heavy atom. The number of urea groups is 1. The van der Waals surface area contributed by atoms with Crippen LogP contribution in [0.25, 0.3) is 0 Å². The van der Waals surface area contributed by atoms with Gasteiger partial charge in [0, 0.05) is 11.7 Å². The van der Waals surface area contributed by atoms with E-state index in [2.05, 4.69) is 26.6 Å². The third kappa shape index (κ3) is 5.55. The highest BCUT2D eigenvalue weighted by molar-refractivity contribution is 5.89. The van der Waals surface area contributed by atoms with Crippen LogP contribution in [0.3, 0.4) is 0 Å². The Morgan fingerprint density at radius 2 is 2.04 bits per heavy atom. The van der Waals surface area contributed by atoms with E-state index in [0.29, 0.717) is 12.1 Å². The van der Waals surface area contributed by atoms with Crippen molar-refractivity contribution in [3.05, 3.63) is 29.6 Å². The molecule has 3 atom stereocenters. The Kier molecular flexibility index (Phi) is 6.20. The summed E-state index contributed by atoms with van der Waals surface area (Å²) in [4.78, 5) is 12.0. The average molecular weight is 363 g/mol. The van der Waals surface area contributed by atoms with Crippen LogP contribution in [0.1, 0.15) is 25.8 Å². The smallest absolute Gasteiger partial charge is 0.310 e. The van der Waals surface area contributed by atoms with Crippen molar-refractivity contribution in [3.63, 3.8) is 0 Å². The number of nitrogens with one attached hydrogen (secondary N) is 5. The van der Waals surface area contributed by atoms with Gasteiger partial charge in [0.05, 0.1) is 11.7 Å². The van der Waals surface area contributed by atoms with Gasteiger partial charge in [0.1, 0.15) is 12.1 Å². The van der Waals surface area contributed by atoms with Crippen LogP contribution in [0.5, 0.6) is 0 Å². The molecule has 140 valence electrons. The van der Waals surface area contributed by atoms with Crippen molar-refractivity contribution in [3.8, 4) is 0 Å². The van der Waals surface area contributed by atoms with Crippen molar-refractivity contribution in [2.75, 3.05) is 11.9 Å². The largest absolute Gasteiger partial charge is 0.419 e. The minimum Gasteiger partial charge on any atom is -0.310 e. The number of carbonyl (C=O) groups is 1. The van der Waals surface area contributed by atoms with E-state index in [4.69, 9.17) is 0 Å². The molecule has 0 saturated carbocycles. The maximum absolute atomic E-state index is 13.3. The van der Waals surface area contributed by atoms with Gasteiger partial charge in [-0.2, -0.15) is 13.2 Å². The third-order valence-electron chi connectivity index (χ3n) is 3.66. The zero-order chi connectivity index (χ0) is 18.6. The molecule has 2 rings (SSSR count). The molecule has 1 aromatic carbocycles. The zero-order valence-corrected chi connectivity index (χ0v) is 13.8. The SMILES string of the molecule is CCNC1CC(C)NC(NC(=O)Nc2ccc(F)c(C(F)(F)F)c2)N1. The molecule has 6 nitrogen and oxygen atoms in total. The summed E-state index contributed by atoms with van der Waals surface area (Å²) in [5, 5.41) is 14.3. The topological polar surface area (TPSA) is 77.2 Å². The standard InChI is InChI=1S/C15H21F4N5O/c1-3-20-12-6-8(2)21-13(23-12)24-14(25)22-9-4-5-11(16)10(7-9)15(17,18)19/h4-5,7-8,12-13,20-21,23H,3,6H2,1-2H3,(H2,22,24,25). The molecule has 1 heterocycles. The molecule has 25 heavy (non-hydrogen) atoms. The lowest BCUT2D eigenvalue weighted by Gasteiger charge is -2.36. The van der Waals surface area contributed by atoms with Crippen LogP contribution in [-0.2, 0) is 6.18 Å². The molecule has 1 fully saturated rings. The molecule has 1 aliphatic heterocycles. The van der Waals surface area contributed by atoms with Crippen molar-refractivity contribution >= 4 is 11.7 Å². The molecule has 5 N–H and O–H groups in total. The Hall–Kier alpha value is -1.91. The lowest BCUT2D eigenvalue weighted by molar-refractivity contribution is -0.139. The summed E-state index contributed by atoms with van der Waals surface area (Å²) in [5.74, 6) is -1.39. The van der Waals surface area contributed by atoms with Crippen LogP contribution in [0.15, 0.2) is 18.2 Å². The molecular weight excluding hydrogens is 342 g/mol. The van der Waals surface area contributed by atoms with Gasteiger partial charge in [-0.15, -0.1) is 0 Å². The molecule has 0 bridgehead atoms. The number of benzene rings is 1. The Bertz CT molecular complexity index is 610. The first kappa shape index (κ1) is 19.4. The minimum atomic E-state index is -4.83. The first-order valence-corrected chi connectivity index (χ1v) is 7.88. The van der Waals surface area contributed by atoms with E-state index in [9.17, 15) is 22.4 Å². The lowest BCUT2D eigenvalue weighted by atomic mass is 10.1. The number of hydrogen-bond acceptors (Lipinski definition) is 4. The number of rotatable bonds is 4. The first-order valence-electron chi connectivity index (χ1n) is 7.88.